The molecule has 36 heavy (non-hydrogen) atoms. The minimum absolute atomic E-state index is 0.0662. The predicted octanol–water partition coefficient (Wildman–Crippen LogP) is 3.57. The van der Waals surface area contributed by atoms with Crippen LogP contribution in [-0.4, -0.2) is 83.6 Å². The fraction of sp³-hybridized carbons (Fsp3) is 0.607. The highest BCUT2D eigenvalue weighted by molar-refractivity contribution is 5.90. The van der Waals surface area contributed by atoms with Crippen molar-refractivity contribution in [2.24, 2.45) is 5.92 Å². The molecule has 8 heteroatoms. The number of hydrogen-bond acceptors (Lipinski definition) is 7. The molecule has 2 aliphatic carbocycles. The Labute approximate surface area is 215 Å². The summed E-state index contributed by atoms with van der Waals surface area (Å²) in [5, 5.41) is 2.86. The summed E-state index contributed by atoms with van der Waals surface area (Å²) < 4.78 is 5.11. The van der Waals surface area contributed by atoms with Crippen LogP contribution in [0.25, 0.3) is 0 Å². The lowest BCUT2D eigenvalue weighted by Gasteiger charge is -2.52. The number of nitrogens with zero attached hydrogens (tertiary/aromatic N) is 5. The van der Waals surface area contributed by atoms with Gasteiger partial charge in [-0.1, -0.05) is 36.8 Å². The van der Waals surface area contributed by atoms with E-state index in [1.54, 1.807) is 19.5 Å². The Morgan fingerprint density at radius 1 is 1.11 bits per heavy atom. The highest BCUT2D eigenvalue weighted by atomic mass is 16.5. The van der Waals surface area contributed by atoms with Gasteiger partial charge in [-0.25, -0.2) is 9.97 Å². The molecule has 2 saturated carbocycles. The molecule has 3 aliphatic rings. The molecular weight excluding hydrogens is 452 g/mol. The zero-order valence-corrected chi connectivity index (χ0v) is 21.9. The van der Waals surface area contributed by atoms with Gasteiger partial charge in [-0.05, 0) is 64.1 Å². The molecule has 3 fully saturated rings. The topological polar surface area (TPSA) is 73.8 Å². The molecule has 0 bridgehead atoms. The van der Waals surface area contributed by atoms with Gasteiger partial charge in [0.2, 0.25) is 11.9 Å². The second-order valence-electron chi connectivity index (χ2n) is 11.2. The highest BCUT2D eigenvalue weighted by Crippen LogP contribution is 2.49. The van der Waals surface area contributed by atoms with Crippen molar-refractivity contribution in [1.82, 2.24) is 24.7 Å². The molecule has 194 valence electrons. The van der Waals surface area contributed by atoms with E-state index in [9.17, 15) is 4.79 Å². The number of methoxy groups -OCH3 is 1. The zero-order chi connectivity index (χ0) is 25.2. The molecule has 2 heterocycles. The van der Waals surface area contributed by atoms with Gasteiger partial charge in [0.15, 0.2) is 5.75 Å². The molecule has 5 rings (SSSR count). The van der Waals surface area contributed by atoms with Crippen molar-refractivity contribution in [2.45, 2.75) is 56.0 Å². The van der Waals surface area contributed by atoms with Crippen LogP contribution in [0.5, 0.6) is 5.75 Å². The third-order valence-corrected chi connectivity index (χ3v) is 8.92. The molecule has 1 saturated heterocycles. The fourth-order valence-corrected chi connectivity index (χ4v) is 6.50. The maximum Gasteiger partial charge on any atom is 0.240 e. The Kier molecular flexibility index (Phi) is 7.28. The number of nitrogens with one attached hydrogen (secondary N) is 1. The highest BCUT2D eigenvalue weighted by Gasteiger charge is 2.51. The first kappa shape index (κ1) is 25.1. The molecule has 0 radical (unpaired) electrons. The minimum atomic E-state index is -0.0662. The number of anilines is 1. The molecule has 1 aromatic heterocycles. The van der Waals surface area contributed by atoms with Crippen molar-refractivity contribution in [3.8, 4) is 5.75 Å². The number of ether oxygens (including phenoxy) is 1. The summed E-state index contributed by atoms with van der Waals surface area (Å²) in [6.07, 6.45) is 11.7. The largest absolute Gasteiger partial charge is 0.494 e. The maximum absolute atomic E-state index is 12.9. The van der Waals surface area contributed by atoms with E-state index in [2.05, 4.69) is 74.4 Å². The average Bonchev–Trinajstić information content (AvgIpc) is 3.18. The monoisotopic (exact) mass is 492 g/mol. The van der Waals surface area contributed by atoms with Gasteiger partial charge in [-0.2, -0.15) is 0 Å². The van der Waals surface area contributed by atoms with Crippen LogP contribution in [0, 0.1) is 5.92 Å². The summed E-state index contributed by atoms with van der Waals surface area (Å²) in [6, 6.07) is 11.0. The van der Waals surface area contributed by atoms with Crippen LogP contribution in [0.2, 0.25) is 0 Å². The first-order valence-corrected chi connectivity index (χ1v) is 13.3. The van der Waals surface area contributed by atoms with E-state index in [4.69, 9.17) is 4.74 Å². The van der Waals surface area contributed by atoms with Gasteiger partial charge in [-0.3, -0.25) is 24.8 Å². The minimum Gasteiger partial charge on any atom is -0.494 e. The third-order valence-electron chi connectivity index (χ3n) is 8.92. The summed E-state index contributed by atoms with van der Waals surface area (Å²) in [4.78, 5) is 28.7. The Morgan fingerprint density at radius 2 is 1.81 bits per heavy atom. The van der Waals surface area contributed by atoms with E-state index < -0.39 is 0 Å². The van der Waals surface area contributed by atoms with Gasteiger partial charge in [0.05, 0.1) is 32.7 Å². The second kappa shape index (κ2) is 10.4. The smallest absolute Gasteiger partial charge is 0.240 e. The molecule has 0 atom stereocenters. The molecule has 8 nitrogen and oxygen atoms in total. The van der Waals surface area contributed by atoms with Crippen LogP contribution in [0.15, 0.2) is 42.7 Å². The molecule has 1 spiro atoms. The molecular formula is C28H40N6O2. The molecule has 1 aliphatic heterocycles. The SMILES string of the molecule is COc1cnc(NC(=O)CN2CN(CC3CCC3)C3(CCC(c4ccccc4)(N(C)C)CC3)C2)nc1. The lowest BCUT2D eigenvalue weighted by molar-refractivity contribution is -0.117. The van der Waals surface area contributed by atoms with Gasteiger partial charge in [0, 0.05) is 24.2 Å². The number of carbonyl (C=O) groups is 1. The first-order chi connectivity index (χ1) is 17.4. The van der Waals surface area contributed by atoms with E-state index in [0.717, 1.165) is 51.4 Å². The normalized spacial score (nSPS) is 27.3. The molecule has 1 amide bonds. The number of hydrogen-bond donors (Lipinski definition) is 1. The van der Waals surface area contributed by atoms with Crippen molar-refractivity contribution in [2.75, 3.05) is 52.8 Å². The quantitative estimate of drug-likeness (QED) is 0.604. The van der Waals surface area contributed by atoms with Crippen LogP contribution < -0.4 is 10.1 Å². The van der Waals surface area contributed by atoms with E-state index in [1.165, 1.54) is 24.8 Å². The first-order valence-electron chi connectivity index (χ1n) is 13.3. The standard InChI is InChI=1S/C28H40N6O2/c1-32(2)28(23-10-5-4-6-11-23)14-12-27(13-15-28)20-33(21-34(27)18-22-8-7-9-22)19-25(35)31-26-29-16-24(36-3)17-30-26/h4-6,10-11,16-17,22H,7-9,12-15,18-21H2,1-3H3,(H,29,30,31,35). The number of amides is 1. The van der Waals surface area contributed by atoms with E-state index in [-0.39, 0.29) is 17.0 Å². The maximum atomic E-state index is 12.9. The van der Waals surface area contributed by atoms with Gasteiger partial charge >= 0.3 is 0 Å². The fourth-order valence-electron chi connectivity index (χ4n) is 6.50. The lowest BCUT2D eigenvalue weighted by Crippen LogP contribution is -2.56. The second-order valence-corrected chi connectivity index (χ2v) is 11.2. The summed E-state index contributed by atoms with van der Waals surface area (Å²) in [7, 11) is 6.02. The third kappa shape index (κ3) is 4.99. The zero-order valence-electron chi connectivity index (χ0n) is 21.9. The Morgan fingerprint density at radius 3 is 2.39 bits per heavy atom. The predicted molar refractivity (Wildman–Crippen MR) is 141 cm³/mol. The summed E-state index contributed by atoms with van der Waals surface area (Å²) in [6.45, 7) is 3.30. The van der Waals surface area contributed by atoms with Crippen LogP contribution >= 0.6 is 0 Å². The van der Waals surface area contributed by atoms with E-state index >= 15 is 0 Å². The molecule has 0 unspecified atom stereocenters. The van der Waals surface area contributed by atoms with Crippen molar-refractivity contribution < 1.29 is 9.53 Å². The van der Waals surface area contributed by atoms with Crippen LogP contribution in [0.3, 0.4) is 0 Å². The summed E-state index contributed by atoms with van der Waals surface area (Å²) >= 11 is 0. The molecule has 1 N–H and O–H groups in total. The van der Waals surface area contributed by atoms with Crippen molar-refractivity contribution in [3.63, 3.8) is 0 Å². The molecule has 1 aromatic carbocycles. The van der Waals surface area contributed by atoms with Crippen LogP contribution in [0.1, 0.15) is 50.5 Å². The summed E-state index contributed by atoms with van der Waals surface area (Å²) in [5.74, 6) is 1.63. The molecule has 2 aromatic rings. The average molecular weight is 493 g/mol. The van der Waals surface area contributed by atoms with Gasteiger partial charge < -0.3 is 4.74 Å². The van der Waals surface area contributed by atoms with Crippen molar-refractivity contribution >= 4 is 11.9 Å². The number of aromatic nitrogens is 2. The summed E-state index contributed by atoms with van der Waals surface area (Å²) in [5.41, 5.74) is 1.63. The van der Waals surface area contributed by atoms with Gasteiger partial charge in [0.25, 0.3) is 0 Å². The van der Waals surface area contributed by atoms with Crippen LogP contribution in [0.4, 0.5) is 5.95 Å². The van der Waals surface area contributed by atoms with E-state index in [0.29, 0.717) is 18.2 Å². The van der Waals surface area contributed by atoms with E-state index in [1.807, 2.05) is 0 Å². The number of carbonyl (C=O) groups excluding carboxylic acids is 1. The number of rotatable bonds is 8. The lowest BCUT2D eigenvalue weighted by atomic mass is 9.68. The van der Waals surface area contributed by atoms with Gasteiger partial charge in [0.1, 0.15) is 0 Å². The Balaban J connectivity index is 1.28. The van der Waals surface area contributed by atoms with Crippen molar-refractivity contribution in [1.29, 1.82) is 0 Å². The Hall–Kier alpha value is -2.55. The van der Waals surface area contributed by atoms with Gasteiger partial charge in [-0.15, -0.1) is 0 Å². The number of benzene rings is 1. The van der Waals surface area contributed by atoms with Crippen molar-refractivity contribution in [3.05, 3.63) is 48.3 Å². The van der Waals surface area contributed by atoms with Crippen LogP contribution in [-0.2, 0) is 10.3 Å². The Bertz CT molecular complexity index is 1020.